The highest BCUT2D eigenvalue weighted by Crippen LogP contribution is 2.30. The second kappa shape index (κ2) is 12.0. The number of hydrogen-bond donors (Lipinski definition) is 2. The minimum absolute atomic E-state index is 0.128. The maximum atomic E-state index is 12.6. The van der Waals surface area contributed by atoms with Crippen molar-refractivity contribution in [3.63, 3.8) is 0 Å². The molecule has 184 valence electrons. The van der Waals surface area contributed by atoms with Crippen molar-refractivity contribution in [3.05, 3.63) is 88.5 Å². The molecule has 11 heteroatoms. The lowest BCUT2D eigenvalue weighted by Gasteiger charge is -2.09. The molecule has 0 bridgehead atoms. The average Bonchev–Trinajstić information content (AvgIpc) is 3.44. The highest BCUT2D eigenvalue weighted by molar-refractivity contribution is 7.99. The van der Waals surface area contributed by atoms with Gasteiger partial charge in [0.25, 0.3) is 5.91 Å². The first-order valence-corrected chi connectivity index (χ1v) is 13.1. The highest BCUT2D eigenvalue weighted by Gasteiger charge is 2.16. The molecule has 36 heavy (non-hydrogen) atoms. The summed E-state index contributed by atoms with van der Waals surface area (Å²) in [5, 5.41) is 15.7. The SMILES string of the molecule is C=CCn1c(CNC(=O)c2cccc(Cl)c2)nnc1SCC(=O)Nc1nc(-c2ccccc2)c(C)s1. The number of rotatable bonds is 10. The number of thioether (sulfide) groups is 1. The quantitative estimate of drug-likeness (QED) is 0.212. The number of nitrogens with zero attached hydrogens (tertiary/aromatic N) is 4. The van der Waals surface area contributed by atoms with Gasteiger partial charge in [-0.1, -0.05) is 65.8 Å². The van der Waals surface area contributed by atoms with Crippen LogP contribution in [-0.2, 0) is 17.9 Å². The smallest absolute Gasteiger partial charge is 0.251 e. The van der Waals surface area contributed by atoms with Crippen molar-refractivity contribution in [2.45, 2.75) is 25.2 Å². The fourth-order valence-corrected chi connectivity index (χ4v) is 5.17. The van der Waals surface area contributed by atoms with E-state index in [0.29, 0.717) is 33.2 Å². The normalized spacial score (nSPS) is 10.7. The van der Waals surface area contributed by atoms with Crippen molar-refractivity contribution in [1.29, 1.82) is 0 Å². The molecule has 4 rings (SSSR count). The Labute approximate surface area is 221 Å². The fourth-order valence-electron chi connectivity index (χ4n) is 3.36. The zero-order valence-electron chi connectivity index (χ0n) is 19.4. The van der Waals surface area contributed by atoms with E-state index >= 15 is 0 Å². The Balaban J connectivity index is 1.36. The minimum atomic E-state index is -0.271. The highest BCUT2D eigenvalue weighted by atomic mass is 35.5. The number of allylic oxidation sites excluding steroid dienone is 1. The zero-order chi connectivity index (χ0) is 25.5. The molecule has 0 saturated carbocycles. The number of hydrogen-bond acceptors (Lipinski definition) is 7. The Bertz CT molecular complexity index is 1390. The van der Waals surface area contributed by atoms with Crippen LogP contribution in [0.15, 0.2) is 72.4 Å². The van der Waals surface area contributed by atoms with E-state index < -0.39 is 0 Å². The third kappa shape index (κ3) is 6.39. The van der Waals surface area contributed by atoms with E-state index in [4.69, 9.17) is 11.6 Å². The fraction of sp³-hybridized carbons (Fsp3) is 0.160. The largest absolute Gasteiger partial charge is 0.345 e. The summed E-state index contributed by atoms with van der Waals surface area (Å²) >= 11 is 8.65. The molecule has 2 N–H and O–H groups in total. The third-order valence-electron chi connectivity index (χ3n) is 5.02. The van der Waals surface area contributed by atoms with Crippen LogP contribution in [0.1, 0.15) is 21.1 Å². The first-order chi connectivity index (χ1) is 17.4. The van der Waals surface area contributed by atoms with Gasteiger partial charge in [0.2, 0.25) is 5.91 Å². The lowest BCUT2D eigenvalue weighted by molar-refractivity contribution is -0.113. The van der Waals surface area contributed by atoms with Crippen LogP contribution in [0, 0.1) is 6.92 Å². The molecular weight excluding hydrogens is 516 g/mol. The molecular formula is C25H23ClN6O2S2. The van der Waals surface area contributed by atoms with Crippen LogP contribution >= 0.6 is 34.7 Å². The number of thiazole rings is 1. The molecule has 0 spiro atoms. The van der Waals surface area contributed by atoms with Crippen molar-refractivity contribution < 1.29 is 9.59 Å². The van der Waals surface area contributed by atoms with E-state index in [1.165, 1.54) is 23.1 Å². The number of carbonyl (C=O) groups is 2. The van der Waals surface area contributed by atoms with Gasteiger partial charge in [-0.15, -0.1) is 28.1 Å². The number of nitrogens with one attached hydrogen (secondary N) is 2. The van der Waals surface area contributed by atoms with E-state index in [1.54, 1.807) is 30.3 Å². The maximum Gasteiger partial charge on any atom is 0.251 e. The molecule has 0 atom stereocenters. The molecule has 4 aromatic rings. The molecule has 0 saturated heterocycles. The topological polar surface area (TPSA) is 102 Å². The Morgan fingerprint density at radius 2 is 1.97 bits per heavy atom. The van der Waals surface area contributed by atoms with Gasteiger partial charge < -0.3 is 15.2 Å². The lowest BCUT2D eigenvalue weighted by Crippen LogP contribution is -2.24. The summed E-state index contributed by atoms with van der Waals surface area (Å²) in [7, 11) is 0. The van der Waals surface area contributed by atoms with Gasteiger partial charge in [0, 0.05) is 27.6 Å². The molecule has 8 nitrogen and oxygen atoms in total. The van der Waals surface area contributed by atoms with Crippen molar-refractivity contribution in [2.24, 2.45) is 0 Å². The molecule has 0 aliphatic carbocycles. The number of anilines is 1. The number of aromatic nitrogens is 4. The Morgan fingerprint density at radius 1 is 1.17 bits per heavy atom. The van der Waals surface area contributed by atoms with Gasteiger partial charge in [-0.3, -0.25) is 9.59 Å². The first kappa shape index (κ1) is 25.6. The summed E-state index contributed by atoms with van der Waals surface area (Å²) in [5.41, 5.74) is 2.32. The average molecular weight is 539 g/mol. The Hall–Kier alpha value is -3.47. The van der Waals surface area contributed by atoms with Crippen LogP contribution in [0.25, 0.3) is 11.3 Å². The van der Waals surface area contributed by atoms with Gasteiger partial charge in [0.05, 0.1) is 18.0 Å². The van der Waals surface area contributed by atoms with Gasteiger partial charge >= 0.3 is 0 Å². The van der Waals surface area contributed by atoms with Crippen LogP contribution in [0.3, 0.4) is 0 Å². The predicted octanol–water partition coefficient (Wildman–Crippen LogP) is 5.21. The molecule has 0 fully saturated rings. The summed E-state index contributed by atoms with van der Waals surface area (Å²) < 4.78 is 1.81. The van der Waals surface area contributed by atoms with E-state index in [2.05, 4.69) is 32.4 Å². The molecule has 2 heterocycles. The summed E-state index contributed by atoms with van der Waals surface area (Å²) in [5.74, 6) is 0.213. The van der Waals surface area contributed by atoms with Crippen LogP contribution in [-0.4, -0.2) is 37.3 Å². The number of halogens is 1. The monoisotopic (exact) mass is 538 g/mol. The van der Waals surface area contributed by atoms with Crippen LogP contribution < -0.4 is 10.6 Å². The van der Waals surface area contributed by atoms with Crippen molar-refractivity contribution in [1.82, 2.24) is 25.1 Å². The number of benzene rings is 2. The molecule has 2 aromatic carbocycles. The van der Waals surface area contributed by atoms with Crippen molar-refractivity contribution >= 4 is 51.6 Å². The first-order valence-electron chi connectivity index (χ1n) is 11.0. The molecule has 0 aliphatic heterocycles. The lowest BCUT2D eigenvalue weighted by atomic mass is 10.1. The molecule has 2 amide bonds. The van der Waals surface area contributed by atoms with E-state index in [9.17, 15) is 9.59 Å². The van der Waals surface area contributed by atoms with Gasteiger partial charge in [-0.05, 0) is 25.1 Å². The standard InChI is InChI=1S/C25H23ClN6O2S2/c1-3-12-32-20(14-27-23(34)18-10-7-11-19(26)13-18)30-31-25(32)35-15-21(33)28-24-29-22(16(2)36-24)17-8-5-4-6-9-17/h3-11,13H,1,12,14-15H2,2H3,(H,27,34)(H,28,29,33). The minimum Gasteiger partial charge on any atom is -0.345 e. The van der Waals surface area contributed by atoms with E-state index in [-0.39, 0.29) is 24.1 Å². The number of aryl methyl sites for hydroxylation is 1. The van der Waals surface area contributed by atoms with Crippen LogP contribution in [0.5, 0.6) is 0 Å². The van der Waals surface area contributed by atoms with Crippen LogP contribution in [0.4, 0.5) is 5.13 Å². The van der Waals surface area contributed by atoms with Gasteiger partial charge in [-0.2, -0.15) is 0 Å². The molecule has 0 unspecified atom stereocenters. The Morgan fingerprint density at radius 3 is 2.72 bits per heavy atom. The second-order valence-electron chi connectivity index (χ2n) is 7.62. The van der Waals surface area contributed by atoms with Crippen LogP contribution in [0.2, 0.25) is 5.02 Å². The van der Waals surface area contributed by atoms with Gasteiger partial charge in [0.15, 0.2) is 16.1 Å². The maximum absolute atomic E-state index is 12.6. The zero-order valence-corrected chi connectivity index (χ0v) is 21.8. The summed E-state index contributed by atoms with van der Waals surface area (Å²) in [6.45, 7) is 6.37. The van der Waals surface area contributed by atoms with Crippen molar-refractivity contribution in [2.75, 3.05) is 11.1 Å². The van der Waals surface area contributed by atoms with Gasteiger partial charge in [-0.25, -0.2) is 4.98 Å². The van der Waals surface area contributed by atoms with Gasteiger partial charge in [0.1, 0.15) is 0 Å². The second-order valence-corrected chi connectivity index (χ2v) is 10.2. The third-order valence-corrected chi connectivity index (χ3v) is 7.11. The van der Waals surface area contributed by atoms with E-state index in [0.717, 1.165) is 16.1 Å². The predicted molar refractivity (Wildman–Crippen MR) is 144 cm³/mol. The summed E-state index contributed by atoms with van der Waals surface area (Å²) in [6.07, 6.45) is 1.71. The number of carbonyl (C=O) groups excluding carboxylic acids is 2. The summed E-state index contributed by atoms with van der Waals surface area (Å²) in [6, 6.07) is 16.5. The molecule has 0 radical (unpaired) electrons. The molecule has 0 aliphatic rings. The van der Waals surface area contributed by atoms with Crippen molar-refractivity contribution in [3.8, 4) is 11.3 Å². The summed E-state index contributed by atoms with van der Waals surface area (Å²) in [4.78, 5) is 30.7. The number of amides is 2. The Kier molecular flexibility index (Phi) is 8.52. The van der Waals surface area contributed by atoms with E-state index in [1.807, 2.05) is 41.8 Å². The molecule has 2 aromatic heterocycles.